The van der Waals surface area contributed by atoms with Gasteiger partial charge in [0.05, 0.1) is 0 Å². The van der Waals surface area contributed by atoms with Crippen molar-refractivity contribution in [3.63, 3.8) is 0 Å². The molecule has 0 saturated carbocycles. The summed E-state index contributed by atoms with van der Waals surface area (Å²) in [6.45, 7) is 4.33. The van der Waals surface area contributed by atoms with Crippen molar-refractivity contribution in [3.8, 4) is 0 Å². The molecule has 0 aliphatic carbocycles. The van der Waals surface area contributed by atoms with E-state index in [0.29, 0.717) is 0 Å². The van der Waals surface area contributed by atoms with E-state index in [-0.39, 0.29) is 32.7 Å². The molecule has 0 rings (SSSR count). The van der Waals surface area contributed by atoms with E-state index < -0.39 is 0 Å². The molecule has 0 aromatic heterocycles. The average molecular weight is 175 g/mol. The fourth-order valence-corrected chi connectivity index (χ4v) is 0. The summed E-state index contributed by atoms with van der Waals surface area (Å²) in [5.74, 6) is 0. The zero-order valence-corrected chi connectivity index (χ0v) is 7.70. The van der Waals surface area contributed by atoms with Crippen LogP contribution in [0.3, 0.4) is 0 Å². The quantitative estimate of drug-likeness (QED) is 0.454. The van der Waals surface area contributed by atoms with Crippen LogP contribution in [0, 0.1) is 0 Å². The Labute approximate surface area is 71.0 Å². The van der Waals surface area contributed by atoms with E-state index in [4.69, 9.17) is 0 Å². The number of hydrogen-bond acceptors (Lipinski definition) is 0. The normalized spacial score (nSPS) is 4.86. The van der Waals surface area contributed by atoms with Crippen LogP contribution in [-0.2, 0) is 42.2 Å². The molecule has 0 atom stereocenters. The molecule has 0 aromatic carbocycles. The third kappa shape index (κ3) is 116. The van der Waals surface area contributed by atoms with E-state index in [2.05, 4.69) is 34.3 Å². The Kier molecular flexibility index (Phi) is 53.3. The smallest absolute Gasteiger partial charge is 0 e. The Morgan fingerprint density at radius 1 is 1.14 bits per heavy atom. The molecule has 43 valence electrons. The van der Waals surface area contributed by atoms with Crippen LogP contribution in [0.4, 0.5) is 0 Å². The van der Waals surface area contributed by atoms with Crippen LogP contribution in [0.2, 0.25) is 4.22 Å². The topological polar surface area (TPSA) is 63.0 Å². The standard InChI is InChI=1S/C3H7.2H2O.2Ti/c1-3-2;;;;/h3H,1-2H3;2*1H2;;. The summed E-state index contributed by atoms with van der Waals surface area (Å²) in [5, 5.41) is 0. The van der Waals surface area contributed by atoms with Gasteiger partial charge in [0.1, 0.15) is 0 Å². The first-order chi connectivity index (χ1) is 1.73. The molecule has 0 fully saturated rings. The van der Waals surface area contributed by atoms with Crippen molar-refractivity contribution < 1.29 is 53.1 Å². The molecule has 0 aliphatic heterocycles. The summed E-state index contributed by atoms with van der Waals surface area (Å²) in [5.41, 5.74) is 0. The molecule has 2 nitrogen and oxygen atoms in total. The van der Waals surface area contributed by atoms with Crippen molar-refractivity contribution in [2.75, 3.05) is 0 Å². The Hall–Kier alpha value is 1.35. The third-order valence-corrected chi connectivity index (χ3v) is 0. The van der Waals surface area contributed by atoms with Gasteiger partial charge in [0, 0.05) is 21.7 Å². The Morgan fingerprint density at radius 2 is 1.14 bits per heavy atom. The van der Waals surface area contributed by atoms with Gasteiger partial charge in [0.15, 0.2) is 0 Å². The van der Waals surface area contributed by atoms with Gasteiger partial charge in [-0.1, -0.05) is 0 Å². The summed E-state index contributed by atoms with van der Waals surface area (Å²) in [4.78, 5) is 0. The van der Waals surface area contributed by atoms with Crippen molar-refractivity contribution >= 4 is 0 Å². The summed E-state index contributed by atoms with van der Waals surface area (Å²) >= 11 is 2.17. The van der Waals surface area contributed by atoms with Gasteiger partial charge < -0.3 is 11.0 Å². The van der Waals surface area contributed by atoms with Gasteiger partial charge >= 0.3 is 38.5 Å². The van der Waals surface area contributed by atoms with E-state index in [9.17, 15) is 0 Å². The summed E-state index contributed by atoms with van der Waals surface area (Å²) in [7, 11) is 0. The van der Waals surface area contributed by atoms with Gasteiger partial charge in [-0.15, -0.1) is 0 Å². The SMILES string of the molecule is C[CH](C)[Ti].O.O.[Ti]. The largest absolute Gasteiger partial charge is 0.412 e. The molecule has 4 N–H and O–H groups in total. The minimum atomic E-state index is 0. The molecule has 0 heterocycles. The second-order valence-corrected chi connectivity index (χ2v) is 2.96. The number of hydrogen-bond donors (Lipinski definition) is 0. The van der Waals surface area contributed by atoms with E-state index in [1.165, 1.54) is 0 Å². The van der Waals surface area contributed by atoms with E-state index >= 15 is 0 Å². The second-order valence-electron chi connectivity index (χ2n) is 1.15. The number of rotatable bonds is 0. The van der Waals surface area contributed by atoms with E-state index in [1.54, 1.807) is 0 Å². The first-order valence-electron chi connectivity index (χ1n) is 1.44. The second kappa shape index (κ2) is 15.7. The maximum Gasteiger partial charge on any atom is 0 e. The predicted molar refractivity (Wildman–Crippen MR) is 22.3 cm³/mol. The maximum absolute atomic E-state index is 2.17. The van der Waals surface area contributed by atoms with Gasteiger partial charge in [-0.25, -0.2) is 0 Å². The van der Waals surface area contributed by atoms with Crippen molar-refractivity contribution in [3.05, 3.63) is 0 Å². The zero-order chi connectivity index (χ0) is 3.58. The van der Waals surface area contributed by atoms with Gasteiger partial charge in [-0.05, 0) is 0 Å². The minimum Gasteiger partial charge on any atom is -0.412 e. The van der Waals surface area contributed by atoms with Crippen LogP contribution in [0.15, 0.2) is 0 Å². The molecule has 0 unspecified atom stereocenters. The van der Waals surface area contributed by atoms with Crippen LogP contribution in [0.25, 0.3) is 0 Å². The molecule has 0 radical (unpaired) electrons. The molecular weight excluding hydrogens is 164 g/mol. The summed E-state index contributed by atoms with van der Waals surface area (Å²) in [6, 6.07) is 0. The molecule has 0 aliphatic rings. The maximum atomic E-state index is 2.17. The first-order valence-corrected chi connectivity index (χ1v) is 2.34. The van der Waals surface area contributed by atoms with Crippen LogP contribution in [0.1, 0.15) is 13.8 Å². The van der Waals surface area contributed by atoms with Crippen molar-refractivity contribution in [1.29, 1.82) is 0 Å². The molecule has 0 spiro atoms. The van der Waals surface area contributed by atoms with Crippen molar-refractivity contribution in [2.24, 2.45) is 0 Å². The Bertz CT molecular complexity index is 15.7. The minimum absolute atomic E-state index is 0. The molecule has 0 saturated heterocycles. The summed E-state index contributed by atoms with van der Waals surface area (Å²) < 4.78 is 0.833. The monoisotopic (exact) mass is 175 g/mol. The van der Waals surface area contributed by atoms with Crippen LogP contribution >= 0.6 is 0 Å². The van der Waals surface area contributed by atoms with Gasteiger partial charge in [-0.3, -0.25) is 0 Å². The van der Waals surface area contributed by atoms with Crippen molar-refractivity contribution in [2.45, 2.75) is 18.1 Å². The summed E-state index contributed by atoms with van der Waals surface area (Å²) in [6.07, 6.45) is 0. The molecule has 4 heteroatoms. The molecular formula is C3H11O2Ti2. The fraction of sp³-hybridized carbons (Fsp3) is 1.00. The van der Waals surface area contributed by atoms with Crippen molar-refractivity contribution in [1.82, 2.24) is 0 Å². The average Bonchev–Trinajstić information content (AvgIpc) is 0.811. The predicted octanol–water partition coefficient (Wildman–Crippen LogP) is -0.290. The Morgan fingerprint density at radius 3 is 1.14 bits per heavy atom. The zero-order valence-electron chi connectivity index (χ0n) is 4.58. The molecule has 7 heavy (non-hydrogen) atoms. The third-order valence-electron chi connectivity index (χ3n) is 0. The van der Waals surface area contributed by atoms with Crippen LogP contribution in [0.5, 0.6) is 0 Å². The van der Waals surface area contributed by atoms with Gasteiger partial charge in [0.2, 0.25) is 0 Å². The first kappa shape index (κ1) is 23.8. The fourth-order valence-electron chi connectivity index (χ4n) is 0. The van der Waals surface area contributed by atoms with Gasteiger partial charge in [-0.2, -0.15) is 0 Å². The molecule has 0 amide bonds. The van der Waals surface area contributed by atoms with Gasteiger partial charge in [0.25, 0.3) is 0 Å². The van der Waals surface area contributed by atoms with E-state index in [1.807, 2.05) is 0 Å². The Balaban J connectivity index is -0.0000000150. The molecule has 0 bridgehead atoms. The van der Waals surface area contributed by atoms with Crippen LogP contribution < -0.4 is 0 Å². The van der Waals surface area contributed by atoms with Crippen LogP contribution in [-0.4, -0.2) is 11.0 Å². The van der Waals surface area contributed by atoms with E-state index in [0.717, 1.165) is 4.22 Å². The molecule has 0 aromatic rings.